The maximum absolute atomic E-state index is 13.1. The average Bonchev–Trinajstić information content (AvgIpc) is 2.84. The second-order valence-electron chi connectivity index (χ2n) is 9.33. The van der Waals surface area contributed by atoms with Gasteiger partial charge in [0.05, 0.1) is 11.8 Å². The molecule has 1 aliphatic carbocycles. The van der Waals surface area contributed by atoms with Crippen LogP contribution in [0.3, 0.4) is 0 Å². The highest BCUT2D eigenvalue weighted by molar-refractivity contribution is 7.88. The van der Waals surface area contributed by atoms with Crippen molar-refractivity contribution >= 4 is 39.1 Å². The van der Waals surface area contributed by atoms with Crippen LogP contribution in [-0.2, 0) is 33.4 Å². The number of rotatable bonds is 7. The Balaban J connectivity index is 1.35. The normalized spacial score (nSPS) is 18.3. The number of halogens is 2. The molecule has 1 fully saturated rings. The SMILES string of the molecule is CCC(NC(=O)C1CCN(S(=O)(=O)Cc2c(Cl)cccc2Cl)CC1)c1ccc2c(c1)CCCC2. The molecule has 1 atom stereocenters. The molecule has 5 nitrogen and oxygen atoms in total. The van der Waals surface area contributed by atoms with Crippen molar-refractivity contribution in [3.05, 3.63) is 68.7 Å². The van der Waals surface area contributed by atoms with Crippen molar-refractivity contribution in [1.82, 2.24) is 9.62 Å². The summed E-state index contributed by atoms with van der Waals surface area (Å²) in [4.78, 5) is 13.1. The summed E-state index contributed by atoms with van der Waals surface area (Å²) >= 11 is 12.3. The zero-order chi connectivity index (χ0) is 24.3. The summed E-state index contributed by atoms with van der Waals surface area (Å²) < 4.78 is 27.4. The van der Waals surface area contributed by atoms with Gasteiger partial charge in [-0.15, -0.1) is 0 Å². The Labute approximate surface area is 212 Å². The first kappa shape index (κ1) is 25.5. The van der Waals surface area contributed by atoms with E-state index in [0.29, 0.717) is 41.5 Å². The molecule has 0 bridgehead atoms. The largest absolute Gasteiger partial charge is 0.349 e. The number of aryl methyl sites for hydroxylation is 2. The fourth-order valence-corrected chi connectivity index (χ4v) is 7.34. The lowest BCUT2D eigenvalue weighted by atomic mass is 9.88. The molecule has 1 N–H and O–H groups in total. The quantitative estimate of drug-likeness (QED) is 0.508. The summed E-state index contributed by atoms with van der Waals surface area (Å²) in [6, 6.07) is 11.6. The zero-order valence-electron chi connectivity index (χ0n) is 19.5. The second-order valence-corrected chi connectivity index (χ2v) is 12.1. The van der Waals surface area contributed by atoms with Crippen molar-refractivity contribution in [2.24, 2.45) is 5.92 Å². The van der Waals surface area contributed by atoms with Gasteiger partial charge in [-0.05, 0) is 73.8 Å². The van der Waals surface area contributed by atoms with E-state index >= 15 is 0 Å². The van der Waals surface area contributed by atoms with Crippen LogP contribution in [-0.4, -0.2) is 31.7 Å². The van der Waals surface area contributed by atoms with Crippen molar-refractivity contribution in [3.8, 4) is 0 Å². The molecule has 1 aliphatic heterocycles. The van der Waals surface area contributed by atoms with Crippen LogP contribution in [0.2, 0.25) is 10.0 Å². The number of hydrogen-bond donors (Lipinski definition) is 1. The molecule has 2 aliphatic rings. The summed E-state index contributed by atoms with van der Waals surface area (Å²) in [5.74, 6) is -0.420. The van der Waals surface area contributed by atoms with Crippen molar-refractivity contribution in [2.75, 3.05) is 13.1 Å². The molecule has 34 heavy (non-hydrogen) atoms. The van der Waals surface area contributed by atoms with Gasteiger partial charge >= 0.3 is 0 Å². The molecule has 1 saturated heterocycles. The van der Waals surface area contributed by atoms with Crippen LogP contribution in [0.25, 0.3) is 0 Å². The van der Waals surface area contributed by atoms with Crippen LogP contribution in [0.1, 0.15) is 67.3 Å². The van der Waals surface area contributed by atoms with Gasteiger partial charge in [0.15, 0.2) is 0 Å². The standard InChI is InChI=1S/C26H32Cl2N2O3S/c1-2-25(21-11-10-18-6-3-4-7-20(18)16-21)29-26(31)19-12-14-30(15-13-19)34(32,33)17-22-23(27)8-5-9-24(22)28/h5,8-11,16,19,25H,2-4,6-7,12-15,17H2,1H3,(H,29,31). The topological polar surface area (TPSA) is 66.5 Å². The van der Waals surface area contributed by atoms with Crippen molar-refractivity contribution < 1.29 is 13.2 Å². The van der Waals surface area contributed by atoms with Gasteiger partial charge in [0, 0.05) is 34.6 Å². The Hall–Kier alpha value is -1.60. The van der Waals surface area contributed by atoms with E-state index in [-0.39, 0.29) is 23.6 Å². The van der Waals surface area contributed by atoms with Gasteiger partial charge in [0.2, 0.25) is 15.9 Å². The van der Waals surface area contributed by atoms with E-state index in [1.54, 1.807) is 18.2 Å². The van der Waals surface area contributed by atoms with Crippen molar-refractivity contribution in [2.45, 2.75) is 63.7 Å². The lowest BCUT2D eigenvalue weighted by molar-refractivity contribution is -0.126. The number of nitrogens with one attached hydrogen (secondary N) is 1. The maximum atomic E-state index is 13.1. The molecule has 2 aromatic carbocycles. The predicted molar refractivity (Wildman–Crippen MR) is 138 cm³/mol. The number of amides is 1. The van der Waals surface area contributed by atoms with Gasteiger partial charge in [-0.2, -0.15) is 0 Å². The van der Waals surface area contributed by atoms with Crippen molar-refractivity contribution in [3.63, 3.8) is 0 Å². The highest BCUT2D eigenvalue weighted by atomic mass is 35.5. The molecule has 0 radical (unpaired) electrons. The Bertz CT molecular complexity index is 1120. The Morgan fingerprint density at radius 1 is 1.06 bits per heavy atom. The van der Waals surface area contributed by atoms with Gasteiger partial charge < -0.3 is 5.32 Å². The molecule has 8 heteroatoms. The number of carbonyl (C=O) groups is 1. The Kier molecular flexibility index (Phi) is 8.24. The van der Waals surface area contributed by atoms with E-state index in [2.05, 4.69) is 30.4 Å². The highest BCUT2D eigenvalue weighted by Crippen LogP contribution is 2.30. The summed E-state index contributed by atoms with van der Waals surface area (Å²) in [5, 5.41) is 3.92. The lowest BCUT2D eigenvalue weighted by Gasteiger charge is -2.32. The molecule has 0 saturated carbocycles. The van der Waals surface area contributed by atoms with Crippen LogP contribution >= 0.6 is 23.2 Å². The first-order valence-corrected chi connectivity index (χ1v) is 14.5. The van der Waals surface area contributed by atoms with Gasteiger partial charge in [-0.25, -0.2) is 12.7 Å². The number of piperidine rings is 1. The molecule has 4 rings (SSSR count). The Morgan fingerprint density at radius 2 is 1.71 bits per heavy atom. The number of hydrogen-bond acceptors (Lipinski definition) is 3. The molecule has 0 aromatic heterocycles. The average molecular weight is 524 g/mol. The molecule has 2 aromatic rings. The molecule has 1 heterocycles. The number of nitrogens with zero attached hydrogens (tertiary/aromatic N) is 1. The smallest absolute Gasteiger partial charge is 0.223 e. The van der Waals surface area contributed by atoms with Crippen LogP contribution < -0.4 is 5.32 Å². The van der Waals surface area contributed by atoms with Crippen LogP contribution in [0.5, 0.6) is 0 Å². The van der Waals surface area contributed by atoms with E-state index < -0.39 is 10.0 Å². The monoisotopic (exact) mass is 522 g/mol. The highest BCUT2D eigenvalue weighted by Gasteiger charge is 2.32. The van der Waals surface area contributed by atoms with E-state index in [1.807, 2.05) is 0 Å². The second kappa shape index (κ2) is 11.0. The molecule has 1 amide bonds. The van der Waals surface area contributed by atoms with E-state index in [1.165, 1.54) is 28.3 Å². The van der Waals surface area contributed by atoms with E-state index in [4.69, 9.17) is 23.2 Å². The minimum absolute atomic E-state index is 0.00997. The first-order chi connectivity index (χ1) is 16.3. The van der Waals surface area contributed by atoms with Gasteiger partial charge in [-0.3, -0.25) is 4.79 Å². The molecular weight excluding hydrogens is 491 g/mol. The van der Waals surface area contributed by atoms with Gasteiger partial charge in [0.1, 0.15) is 0 Å². The number of benzene rings is 2. The molecule has 1 unspecified atom stereocenters. The summed E-state index contributed by atoms with van der Waals surface area (Å²) in [7, 11) is -3.58. The summed E-state index contributed by atoms with van der Waals surface area (Å²) in [6.07, 6.45) is 6.55. The molecule has 184 valence electrons. The zero-order valence-corrected chi connectivity index (χ0v) is 21.9. The number of sulfonamides is 1. The van der Waals surface area contributed by atoms with E-state index in [9.17, 15) is 13.2 Å². The third kappa shape index (κ3) is 5.78. The minimum atomic E-state index is -3.58. The predicted octanol–water partition coefficient (Wildman–Crippen LogP) is 5.68. The number of fused-ring (bicyclic) bond motifs is 1. The van der Waals surface area contributed by atoms with Crippen molar-refractivity contribution in [1.29, 1.82) is 0 Å². The third-order valence-electron chi connectivity index (χ3n) is 7.11. The van der Waals surface area contributed by atoms with E-state index in [0.717, 1.165) is 24.8 Å². The van der Waals surface area contributed by atoms with Gasteiger partial charge in [0.25, 0.3) is 0 Å². The third-order valence-corrected chi connectivity index (χ3v) is 9.62. The fraction of sp³-hybridized carbons (Fsp3) is 0.500. The van der Waals surface area contributed by atoms with Gasteiger partial charge in [-0.1, -0.05) is 54.4 Å². The number of carbonyl (C=O) groups excluding carboxylic acids is 1. The Morgan fingerprint density at radius 3 is 2.35 bits per heavy atom. The molecular formula is C26H32Cl2N2O3S. The fourth-order valence-electron chi connectivity index (χ4n) is 5.02. The van der Waals surface area contributed by atoms with Crippen LogP contribution in [0.4, 0.5) is 0 Å². The summed E-state index contributed by atoms with van der Waals surface area (Å²) in [5.41, 5.74) is 4.42. The lowest BCUT2D eigenvalue weighted by Crippen LogP contribution is -2.44. The minimum Gasteiger partial charge on any atom is -0.349 e. The first-order valence-electron chi connectivity index (χ1n) is 12.1. The maximum Gasteiger partial charge on any atom is 0.223 e. The molecule has 0 spiro atoms. The van der Waals surface area contributed by atoms with Crippen LogP contribution in [0.15, 0.2) is 36.4 Å². The van der Waals surface area contributed by atoms with Crippen LogP contribution in [0, 0.1) is 5.92 Å². The summed E-state index contributed by atoms with van der Waals surface area (Å²) in [6.45, 7) is 2.72.